The maximum Gasteiger partial charge on any atom is 0.232 e. The van der Waals surface area contributed by atoms with E-state index in [9.17, 15) is 4.79 Å². The SMILES string of the molecule is O=C(C1CCOC1)N1CCCN(CCOc2cnc(-c3ccc(Cl)cc3)c(-c3ccc(Cl)cc3)n2)CC1. The number of halogens is 2. The molecule has 2 aliphatic rings. The Morgan fingerprint density at radius 3 is 2.32 bits per heavy atom. The highest BCUT2D eigenvalue weighted by Crippen LogP contribution is 2.31. The minimum Gasteiger partial charge on any atom is -0.475 e. The van der Waals surface area contributed by atoms with Gasteiger partial charge < -0.3 is 14.4 Å². The van der Waals surface area contributed by atoms with Gasteiger partial charge >= 0.3 is 0 Å². The average molecular weight is 541 g/mol. The van der Waals surface area contributed by atoms with Crippen LogP contribution >= 0.6 is 23.2 Å². The zero-order chi connectivity index (χ0) is 25.6. The number of benzene rings is 2. The molecule has 0 bridgehead atoms. The van der Waals surface area contributed by atoms with Crippen LogP contribution in [0.25, 0.3) is 22.5 Å². The fourth-order valence-corrected chi connectivity index (χ4v) is 5.00. The highest BCUT2D eigenvalue weighted by atomic mass is 35.5. The van der Waals surface area contributed by atoms with Gasteiger partial charge in [-0.1, -0.05) is 47.5 Å². The van der Waals surface area contributed by atoms with E-state index in [4.69, 9.17) is 42.6 Å². The summed E-state index contributed by atoms with van der Waals surface area (Å²) in [6, 6.07) is 15.1. The number of carbonyl (C=O) groups excluding carboxylic acids is 1. The standard InChI is InChI=1S/C28H30Cl2N4O3/c29-23-6-2-20(3-7-23)26-27(21-4-8-24(30)9-5-21)32-25(18-31-26)37-17-15-33-11-1-12-34(14-13-33)28(35)22-10-16-36-19-22/h2-9,18,22H,1,10-17,19H2. The van der Waals surface area contributed by atoms with Gasteiger partial charge in [0, 0.05) is 60.5 Å². The van der Waals surface area contributed by atoms with Crippen molar-refractivity contribution in [3.05, 3.63) is 64.8 Å². The molecule has 1 aromatic heterocycles. The molecule has 3 aromatic rings. The van der Waals surface area contributed by atoms with Gasteiger partial charge in [-0.15, -0.1) is 0 Å². The lowest BCUT2D eigenvalue weighted by Crippen LogP contribution is -2.39. The lowest BCUT2D eigenvalue weighted by atomic mass is 10.0. The number of carbonyl (C=O) groups is 1. The second-order valence-electron chi connectivity index (χ2n) is 9.35. The monoisotopic (exact) mass is 540 g/mol. The zero-order valence-corrected chi connectivity index (χ0v) is 22.1. The van der Waals surface area contributed by atoms with E-state index in [2.05, 4.69) is 4.90 Å². The number of ether oxygens (including phenoxy) is 2. The summed E-state index contributed by atoms with van der Waals surface area (Å²) in [6.07, 6.45) is 3.45. The van der Waals surface area contributed by atoms with Gasteiger partial charge in [0.05, 0.1) is 24.4 Å². The Morgan fingerprint density at radius 1 is 0.946 bits per heavy atom. The number of aromatic nitrogens is 2. The van der Waals surface area contributed by atoms with Crippen LogP contribution in [0.3, 0.4) is 0 Å². The summed E-state index contributed by atoms with van der Waals surface area (Å²) in [5.41, 5.74) is 3.28. The van der Waals surface area contributed by atoms with Gasteiger partial charge in [-0.3, -0.25) is 9.69 Å². The van der Waals surface area contributed by atoms with Crippen molar-refractivity contribution >= 4 is 29.1 Å². The number of nitrogens with zero attached hydrogens (tertiary/aromatic N) is 4. The highest BCUT2D eigenvalue weighted by Gasteiger charge is 2.29. The maximum absolute atomic E-state index is 12.7. The van der Waals surface area contributed by atoms with Crippen molar-refractivity contribution in [3.63, 3.8) is 0 Å². The molecule has 2 fully saturated rings. The van der Waals surface area contributed by atoms with Crippen LogP contribution in [0, 0.1) is 5.92 Å². The molecule has 2 aromatic carbocycles. The van der Waals surface area contributed by atoms with Crippen LogP contribution in [0.5, 0.6) is 5.88 Å². The van der Waals surface area contributed by atoms with Crippen LogP contribution < -0.4 is 4.74 Å². The molecular formula is C28H30Cl2N4O3. The molecule has 1 unspecified atom stereocenters. The first-order valence-electron chi connectivity index (χ1n) is 12.7. The lowest BCUT2D eigenvalue weighted by molar-refractivity contribution is -0.135. The van der Waals surface area contributed by atoms with Gasteiger partial charge in [-0.25, -0.2) is 9.97 Å². The summed E-state index contributed by atoms with van der Waals surface area (Å²) in [6.45, 7) is 5.80. The third-order valence-corrected chi connectivity index (χ3v) is 7.33. The molecule has 3 heterocycles. The number of hydrogen-bond donors (Lipinski definition) is 0. The Bertz CT molecular complexity index is 1200. The predicted octanol–water partition coefficient (Wildman–Crippen LogP) is 5.07. The van der Waals surface area contributed by atoms with E-state index in [0.717, 1.165) is 68.1 Å². The van der Waals surface area contributed by atoms with Crippen molar-refractivity contribution in [1.82, 2.24) is 19.8 Å². The lowest BCUT2D eigenvalue weighted by Gasteiger charge is -2.24. The smallest absolute Gasteiger partial charge is 0.232 e. The summed E-state index contributed by atoms with van der Waals surface area (Å²) in [5.74, 6) is 0.732. The molecule has 0 aliphatic carbocycles. The van der Waals surface area contributed by atoms with E-state index in [1.165, 1.54) is 0 Å². The van der Waals surface area contributed by atoms with E-state index < -0.39 is 0 Å². The second kappa shape index (κ2) is 12.2. The van der Waals surface area contributed by atoms with E-state index in [0.29, 0.717) is 35.7 Å². The molecule has 9 heteroatoms. The average Bonchev–Trinajstić information content (AvgIpc) is 3.36. The minimum absolute atomic E-state index is 0.0270. The molecule has 1 amide bonds. The summed E-state index contributed by atoms with van der Waals surface area (Å²) in [7, 11) is 0. The summed E-state index contributed by atoms with van der Waals surface area (Å²) < 4.78 is 11.4. The quantitative estimate of drug-likeness (QED) is 0.416. The molecule has 2 aliphatic heterocycles. The van der Waals surface area contributed by atoms with Crippen molar-refractivity contribution in [3.8, 4) is 28.4 Å². The Hall–Kier alpha value is -2.71. The predicted molar refractivity (Wildman–Crippen MR) is 145 cm³/mol. The molecule has 1 atom stereocenters. The normalized spacial score (nSPS) is 18.5. The van der Waals surface area contributed by atoms with Gasteiger partial charge in [0.2, 0.25) is 11.8 Å². The molecule has 194 valence electrons. The second-order valence-corrected chi connectivity index (χ2v) is 10.2. The first-order valence-corrected chi connectivity index (χ1v) is 13.4. The molecule has 0 spiro atoms. The maximum atomic E-state index is 12.7. The van der Waals surface area contributed by atoms with Crippen LogP contribution in [0.1, 0.15) is 12.8 Å². The van der Waals surface area contributed by atoms with Crippen LogP contribution in [0.15, 0.2) is 54.7 Å². The molecule has 0 N–H and O–H groups in total. The summed E-state index contributed by atoms with van der Waals surface area (Å²) in [4.78, 5) is 26.6. The van der Waals surface area contributed by atoms with Gasteiger partial charge in [-0.05, 0) is 37.1 Å². The molecule has 7 nitrogen and oxygen atoms in total. The fraction of sp³-hybridized carbons (Fsp3) is 0.393. The molecule has 2 saturated heterocycles. The molecular weight excluding hydrogens is 511 g/mol. The molecule has 37 heavy (non-hydrogen) atoms. The van der Waals surface area contributed by atoms with Gasteiger partial charge in [0.15, 0.2) is 0 Å². The van der Waals surface area contributed by atoms with Crippen molar-refractivity contribution < 1.29 is 14.3 Å². The topological polar surface area (TPSA) is 67.8 Å². The van der Waals surface area contributed by atoms with E-state index in [-0.39, 0.29) is 11.8 Å². The molecule has 5 rings (SSSR count). The van der Waals surface area contributed by atoms with Crippen LogP contribution in [-0.4, -0.2) is 78.2 Å². The van der Waals surface area contributed by atoms with Gasteiger partial charge in [-0.2, -0.15) is 0 Å². The largest absolute Gasteiger partial charge is 0.475 e. The number of hydrogen-bond acceptors (Lipinski definition) is 6. The van der Waals surface area contributed by atoms with Gasteiger partial charge in [0.1, 0.15) is 12.3 Å². The zero-order valence-electron chi connectivity index (χ0n) is 20.6. The van der Waals surface area contributed by atoms with E-state index in [1.807, 2.05) is 53.4 Å². The number of rotatable bonds is 7. The van der Waals surface area contributed by atoms with E-state index in [1.54, 1.807) is 6.20 Å². The summed E-state index contributed by atoms with van der Waals surface area (Å²) in [5, 5.41) is 1.32. The van der Waals surface area contributed by atoms with Crippen LogP contribution in [-0.2, 0) is 9.53 Å². The van der Waals surface area contributed by atoms with Crippen LogP contribution in [0.4, 0.5) is 0 Å². The number of amides is 1. The highest BCUT2D eigenvalue weighted by molar-refractivity contribution is 6.31. The van der Waals surface area contributed by atoms with Crippen molar-refractivity contribution in [2.75, 3.05) is 52.5 Å². The Morgan fingerprint density at radius 2 is 1.65 bits per heavy atom. The molecule has 0 radical (unpaired) electrons. The van der Waals surface area contributed by atoms with Crippen molar-refractivity contribution in [2.24, 2.45) is 5.92 Å². The third kappa shape index (κ3) is 6.60. The van der Waals surface area contributed by atoms with E-state index >= 15 is 0 Å². The minimum atomic E-state index is 0.0270. The van der Waals surface area contributed by atoms with Crippen molar-refractivity contribution in [1.29, 1.82) is 0 Å². The van der Waals surface area contributed by atoms with Crippen LogP contribution in [0.2, 0.25) is 10.0 Å². The molecule has 0 saturated carbocycles. The fourth-order valence-electron chi connectivity index (χ4n) is 4.75. The van der Waals surface area contributed by atoms with Gasteiger partial charge in [0.25, 0.3) is 0 Å². The summed E-state index contributed by atoms with van der Waals surface area (Å²) >= 11 is 12.2. The first kappa shape index (κ1) is 25.9. The van der Waals surface area contributed by atoms with Crippen molar-refractivity contribution in [2.45, 2.75) is 12.8 Å². The third-order valence-electron chi connectivity index (χ3n) is 6.82. The Kier molecular flexibility index (Phi) is 8.56. The Balaban J connectivity index is 1.23. The first-order chi connectivity index (χ1) is 18.1. The Labute approximate surface area is 227 Å².